The van der Waals surface area contributed by atoms with Crippen molar-refractivity contribution in [1.82, 2.24) is 4.98 Å². The first-order chi connectivity index (χ1) is 7.27. The first-order valence-corrected chi connectivity index (χ1v) is 5.92. The normalized spacial score (nSPS) is 12.4. The first kappa shape index (κ1) is 10.5. The number of hydrogen-bond acceptors (Lipinski definition) is 3. The van der Waals surface area contributed by atoms with Gasteiger partial charge in [-0.15, -0.1) is 11.3 Å². The SMILES string of the molecule is CC(Nc1ccncc1Cl)c1cccs1. The molecule has 15 heavy (non-hydrogen) atoms. The van der Waals surface area contributed by atoms with Crippen LogP contribution in [-0.2, 0) is 0 Å². The fraction of sp³-hybridized carbons (Fsp3) is 0.182. The standard InChI is InChI=1S/C11H11ClN2S/c1-8(11-3-2-6-15-11)14-10-4-5-13-7-9(10)12/h2-8H,1H3,(H,13,14). The molecule has 0 fully saturated rings. The molecule has 78 valence electrons. The zero-order chi connectivity index (χ0) is 10.7. The summed E-state index contributed by atoms with van der Waals surface area (Å²) in [4.78, 5) is 5.24. The van der Waals surface area contributed by atoms with E-state index in [-0.39, 0.29) is 6.04 Å². The zero-order valence-electron chi connectivity index (χ0n) is 8.27. The molecule has 1 N–H and O–H groups in total. The van der Waals surface area contributed by atoms with Crippen LogP contribution in [0.5, 0.6) is 0 Å². The molecular formula is C11H11ClN2S. The summed E-state index contributed by atoms with van der Waals surface area (Å²) in [5.41, 5.74) is 0.924. The smallest absolute Gasteiger partial charge is 0.0820 e. The second-order valence-electron chi connectivity index (χ2n) is 3.24. The summed E-state index contributed by atoms with van der Waals surface area (Å²) in [5, 5.41) is 6.08. The van der Waals surface area contributed by atoms with Crippen molar-refractivity contribution in [2.45, 2.75) is 13.0 Å². The molecule has 0 saturated heterocycles. The predicted octanol–water partition coefficient (Wildman–Crippen LogP) is 3.97. The Morgan fingerprint density at radius 2 is 2.33 bits per heavy atom. The molecule has 1 unspecified atom stereocenters. The van der Waals surface area contributed by atoms with Crippen LogP contribution in [0.3, 0.4) is 0 Å². The van der Waals surface area contributed by atoms with Gasteiger partial charge in [-0.1, -0.05) is 17.7 Å². The number of anilines is 1. The van der Waals surface area contributed by atoms with Crippen LogP contribution >= 0.6 is 22.9 Å². The molecule has 0 bridgehead atoms. The highest BCUT2D eigenvalue weighted by Gasteiger charge is 2.07. The summed E-state index contributed by atoms with van der Waals surface area (Å²) >= 11 is 7.74. The van der Waals surface area contributed by atoms with Crippen LogP contribution in [0.2, 0.25) is 5.02 Å². The third-order valence-electron chi connectivity index (χ3n) is 2.11. The molecule has 2 aromatic rings. The Bertz CT molecular complexity index is 428. The number of halogens is 1. The summed E-state index contributed by atoms with van der Waals surface area (Å²) in [6, 6.07) is 6.31. The highest BCUT2D eigenvalue weighted by molar-refractivity contribution is 7.10. The van der Waals surface area contributed by atoms with Gasteiger partial charge in [-0.25, -0.2) is 0 Å². The van der Waals surface area contributed by atoms with Gasteiger partial charge in [0.1, 0.15) is 0 Å². The molecule has 2 aromatic heterocycles. The van der Waals surface area contributed by atoms with Crippen molar-refractivity contribution in [2.24, 2.45) is 0 Å². The van der Waals surface area contributed by atoms with E-state index in [9.17, 15) is 0 Å². The van der Waals surface area contributed by atoms with E-state index < -0.39 is 0 Å². The highest BCUT2D eigenvalue weighted by atomic mass is 35.5. The van der Waals surface area contributed by atoms with Gasteiger partial charge in [0.15, 0.2) is 0 Å². The molecule has 0 aromatic carbocycles. The van der Waals surface area contributed by atoms with E-state index in [1.54, 1.807) is 23.7 Å². The van der Waals surface area contributed by atoms with Crippen molar-refractivity contribution in [3.63, 3.8) is 0 Å². The molecule has 2 nitrogen and oxygen atoms in total. The molecule has 0 amide bonds. The summed E-state index contributed by atoms with van der Waals surface area (Å²) in [5.74, 6) is 0. The van der Waals surface area contributed by atoms with E-state index in [1.807, 2.05) is 12.1 Å². The van der Waals surface area contributed by atoms with Gasteiger partial charge in [0.2, 0.25) is 0 Å². The van der Waals surface area contributed by atoms with Gasteiger partial charge in [-0.3, -0.25) is 4.98 Å². The van der Waals surface area contributed by atoms with Crippen molar-refractivity contribution in [3.8, 4) is 0 Å². The van der Waals surface area contributed by atoms with Crippen molar-refractivity contribution in [1.29, 1.82) is 0 Å². The molecule has 0 saturated carbocycles. The van der Waals surface area contributed by atoms with Gasteiger partial charge in [-0.2, -0.15) is 0 Å². The number of rotatable bonds is 3. The molecule has 0 aliphatic rings. The number of hydrogen-bond donors (Lipinski definition) is 1. The molecular weight excluding hydrogens is 228 g/mol. The number of pyridine rings is 1. The number of nitrogens with one attached hydrogen (secondary N) is 1. The maximum atomic E-state index is 6.01. The average molecular weight is 239 g/mol. The Morgan fingerprint density at radius 1 is 1.47 bits per heavy atom. The summed E-state index contributed by atoms with van der Waals surface area (Å²) < 4.78 is 0. The highest BCUT2D eigenvalue weighted by Crippen LogP contribution is 2.26. The van der Waals surface area contributed by atoms with Crippen molar-refractivity contribution in [2.75, 3.05) is 5.32 Å². The summed E-state index contributed by atoms with van der Waals surface area (Å²) in [6.45, 7) is 2.11. The Hall–Kier alpha value is -1.06. The van der Waals surface area contributed by atoms with Gasteiger partial charge in [0.05, 0.1) is 16.8 Å². The molecule has 0 radical (unpaired) electrons. The van der Waals surface area contributed by atoms with Crippen LogP contribution in [0, 0.1) is 0 Å². The lowest BCUT2D eigenvalue weighted by molar-refractivity contribution is 0.907. The van der Waals surface area contributed by atoms with Crippen LogP contribution < -0.4 is 5.32 Å². The molecule has 2 heterocycles. The van der Waals surface area contributed by atoms with Crippen LogP contribution in [0.15, 0.2) is 36.0 Å². The average Bonchev–Trinajstić information content (AvgIpc) is 2.74. The quantitative estimate of drug-likeness (QED) is 0.875. The Labute approximate surface area is 97.9 Å². The van der Waals surface area contributed by atoms with Crippen LogP contribution in [0.25, 0.3) is 0 Å². The van der Waals surface area contributed by atoms with Crippen LogP contribution in [-0.4, -0.2) is 4.98 Å². The van der Waals surface area contributed by atoms with E-state index >= 15 is 0 Å². The van der Waals surface area contributed by atoms with E-state index in [4.69, 9.17) is 11.6 Å². The minimum absolute atomic E-state index is 0.268. The predicted molar refractivity (Wildman–Crippen MR) is 65.6 cm³/mol. The van der Waals surface area contributed by atoms with E-state index in [1.165, 1.54) is 4.88 Å². The lowest BCUT2D eigenvalue weighted by Gasteiger charge is -2.14. The van der Waals surface area contributed by atoms with Gasteiger partial charge >= 0.3 is 0 Å². The fourth-order valence-corrected chi connectivity index (χ4v) is 2.24. The van der Waals surface area contributed by atoms with Crippen molar-refractivity contribution < 1.29 is 0 Å². The number of nitrogens with zero attached hydrogens (tertiary/aromatic N) is 1. The third kappa shape index (κ3) is 2.49. The molecule has 0 aliphatic carbocycles. The number of thiophene rings is 1. The van der Waals surface area contributed by atoms with Gasteiger partial charge < -0.3 is 5.32 Å². The van der Waals surface area contributed by atoms with Crippen LogP contribution in [0.1, 0.15) is 17.8 Å². The topological polar surface area (TPSA) is 24.9 Å². The fourth-order valence-electron chi connectivity index (χ4n) is 1.33. The summed E-state index contributed by atoms with van der Waals surface area (Å²) in [6.07, 6.45) is 3.38. The molecule has 1 atom stereocenters. The van der Waals surface area contributed by atoms with Gasteiger partial charge in [-0.05, 0) is 24.4 Å². The molecule has 2 rings (SSSR count). The van der Waals surface area contributed by atoms with E-state index in [2.05, 4.69) is 28.7 Å². The number of aromatic nitrogens is 1. The third-order valence-corrected chi connectivity index (χ3v) is 3.47. The second-order valence-corrected chi connectivity index (χ2v) is 4.62. The monoisotopic (exact) mass is 238 g/mol. The van der Waals surface area contributed by atoms with E-state index in [0.717, 1.165) is 5.69 Å². The van der Waals surface area contributed by atoms with Gasteiger partial charge in [0.25, 0.3) is 0 Å². The largest absolute Gasteiger partial charge is 0.376 e. The van der Waals surface area contributed by atoms with Crippen molar-refractivity contribution >= 4 is 28.6 Å². The van der Waals surface area contributed by atoms with Crippen molar-refractivity contribution in [3.05, 3.63) is 45.9 Å². The first-order valence-electron chi connectivity index (χ1n) is 4.67. The Morgan fingerprint density at radius 3 is 3.00 bits per heavy atom. The molecule has 0 spiro atoms. The maximum absolute atomic E-state index is 6.01. The Kier molecular flexibility index (Phi) is 3.23. The second kappa shape index (κ2) is 4.64. The lowest BCUT2D eigenvalue weighted by Crippen LogP contribution is -2.05. The molecule has 0 aliphatic heterocycles. The maximum Gasteiger partial charge on any atom is 0.0820 e. The zero-order valence-corrected chi connectivity index (χ0v) is 9.85. The lowest BCUT2D eigenvalue weighted by atomic mass is 10.2. The Balaban J connectivity index is 2.13. The minimum Gasteiger partial charge on any atom is -0.376 e. The van der Waals surface area contributed by atoms with Crippen LogP contribution in [0.4, 0.5) is 5.69 Å². The van der Waals surface area contributed by atoms with E-state index in [0.29, 0.717) is 5.02 Å². The molecule has 4 heteroatoms. The minimum atomic E-state index is 0.268. The van der Waals surface area contributed by atoms with Gasteiger partial charge in [0, 0.05) is 17.3 Å². The summed E-state index contributed by atoms with van der Waals surface area (Å²) in [7, 11) is 0.